The van der Waals surface area contributed by atoms with Crippen molar-refractivity contribution in [3.05, 3.63) is 52.9 Å². The maximum absolute atomic E-state index is 11.8. The summed E-state index contributed by atoms with van der Waals surface area (Å²) in [6.07, 6.45) is 4.91. The Kier molecular flexibility index (Phi) is 4.29. The Labute approximate surface area is 163 Å². The molecule has 2 N–H and O–H groups in total. The van der Waals surface area contributed by atoms with Gasteiger partial charge in [-0.25, -0.2) is 0 Å². The van der Waals surface area contributed by atoms with Gasteiger partial charge in [0.15, 0.2) is 5.78 Å². The molecule has 27 heavy (non-hydrogen) atoms. The number of phenols is 1. The second kappa shape index (κ2) is 6.64. The highest BCUT2D eigenvalue weighted by Crippen LogP contribution is 2.34. The Bertz CT molecular complexity index is 1160. The summed E-state index contributed by atoms with van der Waals surface area (Å²) in [6, 6.07) is 6.54. The maximum Gasteiger partial charge on any atom is 0.263 e. The number of carbonyl (C=O) groups excluding carboxylic acids is 2. The van der Waals surface area contributed by atoms with Crippen LogP contribution in [-0.4, -0.2) is 26.1 Å². The summed E-state index contributed by atoms with van der Waals surface area (Å²) in [5.41, 5.74) is 2.17. The number of nitrogens with zero attached hydrogens (tertiary/aromatic N) is 1. The van der Waals surface area contributed by atoms with Crippen molar-refractivity contribution in [2.75, 3.05) is 0 Å². The van der Waals surface area contributed by atoms with Gasteiger partial charge in [-0.2, -0.15) is 0 Å². The standard InChI is InChI=1S/C19H12N2O4S2/c1-9(22)13-5-10(2-3-15(13)23)14-8-20-7-11-4-12(25-17(11)14)6-16-18(24)21-19(26)27-16/h2-8,23H,1H3,(H,21,24,26)/b16-6-. The first kappa shape index (κ1) is 17.4. The van der Waals surface area contributed by atoms with Gasteiger partial charge in [0.2, 0.25) is 0 Å². The topological polar surface area (TPSA) is 92.4 Å². The third-order valence-electron chi connectivity index (χ3n) is 4.04. The van der Waals surface area contributed by atoms with Gasteiger partial charge < -0.3 is 14.8 Å². The zero-order valence-corrected chi connectivity index (χ0v) is 15.6. The molecule has 0 radical (unpaired) electrons. The molecule has 4 rings (SSSR count). The van der Waals surface area contributed by atoms with Crippen LogP contribution < -0.4 is 5.32 Å². The highest BCUT2D eigenvalue weighted by molar-refractivity contribution is 8.26. The van der Waals surface area contributed by atoms with E-state index in [1.165, 1.54) is 24.8 Å². The molecular weight excluding hydrogens is 384 g/mol. The molecule has 0 atom stereocenters. The predicted molar refractivity (Wildman–Crippen MR) is 107 cm³/mol. The lowest BCUT2D eigenvalue weighted by atomic mass is 10.0. The number of Topliss-reactive ketones (excluding diaryl/α,β-unsaturated/α-hetero) is 1. The minimum atomic E-state index is -0.256. The van der Waals surface area contributed by atoms with Crippen molar-refractivity contribution in [3.8, 4) is 16.9 Å². The number of benzene rings is 1. The molecule has 3 aromatic rings. The molecule has 0 bridgehead atoms. The second-order valence-electron chi connectivity index (χ2n) is 5.89. The van der Waals surface area contributed by atoms with Crippen LogP contribution in [0.15, 0.2) is 46.0 Å². The zero-order chi connectivity index (χ0) is 19.1. The number of pyridine rings is 1. The SMILES string of the molecule is CC(=O)c1cc(-c2cncc3cc(/C=C4\SC(=S)NC4=O)oc23)ccc1O. The molecule has 1 aliphatic heterocycles. The van der Waals surface area contributed by atoms with Crippen LogP contribution in [0.4, 0.5) is 0 Å². The summed E-state index contributed by atoms with van der Waals surface area (Å²) < 4.78 is 6.34. The van der Waals surface area contributed by atoms with Gasteiger partial charge in [0.05, 0.1) is 10.5 Å². The minimum Gasteiger partial charge on any atom is -0.507 e. The normalized spacial score (nSPS) is 15.5. The summed E-state index contributed by atoms with van der Waals surface area (Å²) in [5.74, 6) is -0.0725. The molecular formula is C19H12N2O4S2. The van der Waals surface area contributed by atoms with Gasteiger partial charge in [-0.1, -0.05) is 30.0 Å². The number of aromatic nitrogens is 1. The predicted octanol–water partition coefficient (Wildman–Crippen LogP) is 3.89. The number of phenolic OH excluding ortho intramolecular Hbond substituents is 1. The molecule has 1 amide bonds. The van der Waals surface area contributed by atoms with E-state index in [1.807, 2.05) is 0 Å². The number of rotatable bonds is 3. The van der Waals surface area contributed by atoms with Crippen molar-refractivity contribution in [1.82, 2.24) is 10.3 Å². The first-order valence-corrected chi connectivity index (χ1v) is 9.11. The summed E-state index contributed by atoms with van der Waals surface area (Å²) in [7, 11) is 0. The lowest BCUT2D eigenvalue weighted by Crippen LogP contribution is -2.17. The summed E-state index contributed by atoms with van der Waals surface area (Å²) >= 11 is 6.16. The van der Waals surface area contributed by atoms with Crippen LogP contribution in [0.25, 0.3) is 28.2 Å². The van der Waals surface area contributed by atoms with Crippen molar-refractivity contribution in [2.45, 2.75) is 6.92 Å². The number of hydrogen-bond acceptors (Lipinski definition) is 7. The average Bonchev–Trinajstić information content (AvgIpc) is 3.17. The number of nitrogens with one attached hydrogen (secondary N) is 1. The van der Waals surface area contributed by atoms with Crippen LogP contribution >= 0.6 is 24.0 Å². The Morgan fingerprint density at radius 3 is 2.85 bits per heavy atom. The van der Waals surface area contributed by atoms with Gasteiger partial charge in [0.1, 0.15) is 21.4 Å². The molecule has 1 fully saturated rings. The number of furan rings is 1. The van der Waals surface area contributed by atoms with E-state index in [4.69, 9.17) is 16.6 Å². The Morgan fingerprint density at radius 2 is 2.15 bits per heavy atom. The number of thiocarbonyl (C=S) groups is 1. The fraction of sp³-hybridized carbons (Fsp3) is 0.0526. The molecule has 1 saturated heterocycles. The van der Waals surface area contributed by atoms with Gasteiger partial charge in [0.25, 0.3) is 5.91 Å². The Balaban J connectivity index is 1.82. The van der Waals surface area contributed by atoms with E-state index in [0.717, 1.165) is 5.39 Å². The van der Waals surface area contributed by atoms with E-state index in [9.17, 15) is 14.7 Å². The van der Waals surface area contributed by atoms with E-state index in [2.05, 4.69) is 10.3 Å². The van der Waals surface area contributed by atoms with Crippen molar-refractivity contribution >= 4 is 57.0 Å². The van der Waals surface area contributed by atoms with Crippen LogP contribution in [0.3, 0.4) is 0 Å². The van der Waals surface area contributed by atoms with Crippen molar-refractivity contribution in [3.63, 3.8) is 0 Å². The molecule has 0 aliphatic carbocycles. The smallest absolute Gasteiger partial charge is 0.263 e. The van der Waals surface area contributed by atoms with E-state index in [-0.39, 0.29) is 23.0 Å². The third kappa shape index (κ3) is 3.24. The van der Waals surface area contributed by atoms with Gasteiger partial charge >= 0.3 is 0 Å². The quantitative estimate of drug-likeness (QED) is 0.394. The molecule has 2 aromatic heterocycles. The molecule has 1 aliphatic rings. The molecule has 1 aromatic carbocycles. The van der Waals surface area contributed by atoms with Crippen LogP contribution in [0, 0.1) is 0 Å². The Morgan fingerprint density at radius 1 is 1.33 bits per heavy atom. The molecule has 0 spiro atoms. The highest BCUT2D eigenvalue weighted by Gasteiger charge is 2.23. The lowest BCUT2D eigenvalue weighted by Gasteiger charge is -2.06. The largest absolute Gasteiger partial charge is 0.507 e. The van der Waals surface area contributed by atoms with E-state index in [0.29, 0.717) is 31.7 Å². The zero-order valence-electron chi connectivity index (χ0n) is 14.0. The summed E-state index contributed by atoms with van der Waals surface area (Å²) in [5, 5.41) is 13.2. The molecule has 3 heterocycles. The summed E-state index contributed by atoms with van der Waals surface area (Å²) in [6.45, 7) is 1.39. The van der Waals surface area contributed by atoms with Crippen molar-refractivity contribution in [2.24, 2.45) is 0 Å². The van der Waals surface area contributed by atoms with Gasteiger partial charge in [-0.05, 0) is 30.7 Å². The number of ketones is 1. The van der Waals surface area contributed by atoms with Crippen LogP contribution in [0.1, 0.15) is 23.0 Å². The van der Waals surface area contributed by atoms with E-state index < -0.39 is 0 Å². The number of carbonyl (C=O) groups is 2. The highest BCUT2D eigenvalue weighted by atomic mass is 32.2. The van der Waals surface area contributed by atoms with Gasteiger partial charge in [-0.15, -0.1) is 0 Å². The average molecular weight is 396 g/mol. The fourth-order valence-corrected chi connectivity index (χ4v) is 3.82. The number of aromatic hydroxyl groups is 1. The summed E-state index contributed by atoms with van der Waals surface area (Å²) in [4.78, 5) is 28.2. The van der Waals surface area contributed by atoms with E-state index >= 15 is 0 Å². The first-order valence-electron chi connectivity index (χ1n) is 7.89. The fourth-order valence-electron chi connectivity index (χ4n) is 2.79. The number of fused-ring (bicyclic) bond motifs is 1. The minimum absolute atomic E-state index is 0.0727. The monoisotopic (exact) mass is 396 g/mol. The number of hydrogen-bond donors (Lipinski definition) is 2. The molecule has 0 saturated carbocycles. The lowest BCUT2D eigenvalue weighted by molar-refractivity contribution is -0.115. The number of thioether (sulfide) groups is 1. The second-order valence-corrected chi connectivity index (χ2v) is 7.61. The first-order chi connectivity index (χ1) is 12.9. The van der Waals surface area contributed by atoms with Gasteiger partial charge in [-0.3, -0.25) is 14.6 Å². The maximum atomic E-state index is 11.8. The Hall–Kier alpha value is -2.97. The number of amides is 1. The van der Waals surface area contributed by atoms with E-state index in [1.54, 1.807) is 36.7 Å². The molecule has 6 nitrogen and oxygen atoms in total. The van der Waals surface area contributed by atoms with Crippen LogP contribution in [0.2, 0.25) is 0 Å². The van der Waals surface area contributed by atoms with Crippen molar-refractivity contribution in [1.29, 1.82) is 0 Å². The molecule has 0 unspecified atom stereocenters. The van der Waals surface area contributed by atoms with Gasteiger partial charge in [0, 0.05) is 29.4 Å². The molecule has 134 valence electrons. The van der Waals surface area contributed by atoms with Crippen molar-refractivity contribution < 1.29 is 19.1 Å². The van der Waals surface area contributed by atoms with Crippen LogP contribution in [0.5, 0.6) is 5.75 Å². The van der Waals surface area contributed by atoms with Crippen LogP contribution in [-0.2, 0) is 4.79 Å². The molecule has 8 heteroatoms. The third-order valence-corrected chi connectivity index (χ3v) is 5.21.